The van der Waals surface area contributed by atoms with Crippen LogP contribution in [0.3, 0.4) is 0 Å². The minimum absolute atomic E-state index is 0.00174. The second-order valence-corrected chi connectivity index (χ2v) is 5.15. The summed E-state index contributed by atoms with van der Waals surface area (Å²) in [6.07, 6.45) is 2.92. The first-order chi connectivity index (χ1) is 10.5. The molecular weight excluding hydrogens is 282 g/mol. The van der Waals surface area contributed by atoms with Crippen LogP contribution in [0, 0.1) is 10.1 Å². The number of pyridine rings is 1. The van der Waals surface area contributed by atoms with Crippen molar-refractivity contribution in [1.29, 1.82) is 0 Å². The number of hydrogen-bond acceptors (Lipinski definition) is 4. The molecule has 0 fully saturated rings. The van der Waals surface area contributed by atoms with E-state index in [0.717, 1.165) is 19.3 Å². The second-order valence-electron chi connectivity index (χ2n) is 5.15. The molecule has 1 heterocycles. The summed E-state index contributed by atoms with van der Waals surface area (Å²) in [5.74, 6) is 0. The largest absolute Gasteiger partial charge is 0.394 e. The number of hydrogen-bond donors (Lipinski definition) is 1. The van der Waals surface area contributed by atoms with Gasteiger partial charge < -0.3 is 10.3 Å². The molecule has 0 radical (unpaired) electrons. The molecule has 0 aliphatic rings. The molecule has 0 aliphatic heterocycles. The lowest BCUT2D eigenvalue weighted by Gasteiger charge is -2.13. The van der Waals surface area contributed by atoms with Crippen LogP contribution in [0.5, 0.6) is 0 Å². The fourth-order valence-corrected chi connectivity index (χ4v) is 2.37. The van der Waals surface area contributed by atoms with Crippen LogP contribution in [0.4, 0.5) is 11.4 Å². The molecule has 2 rings (SSSR count). The molecular formula is C16H19N3O3. The Labute approximate surface area is 128 Å². The van der Waals surface area contributed by atoms with E-state index < -0.39 is 4.92 Å². The van der Waals surface area contributed by atoms with Crippen molar-refractivity contribution in [2.75, 3.05) is 5.73 Å². The van der Waals surface area contributed by atoms with Gasteiger partial charge in [-0.1, -0.05) is 31.9 Å². The van der Waals surface area contributed by atoms with E-state index in [1.54, 1.807) is 28.8 Å². The van der Waals surface area contributed by atoms with Crippen molar-refractivity contribution in [3.05, 3.63) is 56.9 Å². The lowest BCUT2D eigenvalue weighted by Crippen LogP contribution is -2.24. The number of unbranched alkanes of at least 4 members (excludes halogenated alkanes) is 2. The van der Waals surface area contributed by atoms with Crippen molar-refractivity contribution in [2.24, 2.45) is 0 Å². The fourth-order valence-electron chi connectivity index (χ4n) is 2.37. The minimum Gasteiger partial charge on any atom is -0.394 e. The van der Waals surface area contributed by atoms with Gasteiger partial charge in [0, 0.05) is 24.2 Å². The fraction of sp³-hybridized carbons (Fsp3) is 0.312. The van der Waals surface area contributed by atoms with Crippen molar-refractivity contribution >= 4 is 11.4 Å². The van der Waals surface area contributed by atoms with Crippen molar-refractivity contribution in [3.63, 3.8) is 0 Å². The number of anilines is 1. The van der Waals surface area contributed by atoms with Gasteiger partial charge in [0.05, 0.1) is 16.3 Å². The Bertz CT molecular complexity index is 738. The van der Waals surface area contributed by atoms with Crippen LogP contribution in [0.1, 0.15) is 26.2 Å². The molecule has 0 saturated heterocycles. The monoisotopic (exact) mass is 301 g/mol. The predicted molar refractivity (Wildman–Crippen MR) is 86.7 cm³/mol. The Morgan fingerprint density at radius 2 is 2.00 bits per heavy atom. The van der Waals surface area contributed by atoms with Crippen molar-refractivity contribution in [3.8, 4) is 11.3 Å². The van der Waals surface area contributed by atoms with Gasteiger partial charge in [0.1, 0.15) is 0 Å². The summed E-state index contributed by atoms with van der Waals surface area (Å²) >= 11 is 0. The summed E-state index contributed by atoms with van der Waals surface area (Å²) in [5, 5.41) is 10.9. The molecule has 2 N–H and O–H groups in total. The Morgan fingerprint density at radius 3 is 2.68 bits per heavy atom. The minimum atomic E-state index is -0.444. The molecule has 22 heavy (non-hydrogen) atoms. The SMILES string of the molecule is CCCCCn1c(-c2cccc([N+](=O)[O-])c2)ccc(N)c1=O. The number of nitrogens with zero attached hydrogens (tertiary/aromatic N) is 2. The molecule has 0 spiro atoms. The Morgan fingerprint density at radius 1 is 1.23 bits per heavy atom. The number of aromatic nitrogens is 1. The van der Waals surface area contributed by atoms with E-state index in [9.17, 15) is 14.9 Å². The van der Waals surface area contributed by atoms with E-state index in [1.165, 1.54) is 12.1 Å². The normalized spacial score (nSPS) is 10.6. The average Bonchev–Trinajstić information content (AvgIpc) is 2.52. The lowest BCUT2D eigenvalue weighted by atomic mass is 10.1. The maximum absolute atomic E-state index is 12.3. The van der Waals surface area contributed by atoms with Crippen molar-refractivity contribution < 1.29 is 4.92 Å². The molecule has 1 aromatic heterocycles. The Balaban J connectivity index is 2.50. The molecule has 0 aliphatic carbocycles. The number of nitrogens with two attached hydrogens (primary N) is 1. The van der Waals surface area contributed by atoms with E-state index in [4.69, 9.17) is 5.73 Å². The summed E-state index contributed by atoms with van der Waals surface area (Å²) in [7, 11) is 0. The number of non-ortho nitro benzene ring substituents is 1. The third kappa shape index (κ3) is 3.33. The van der Waals surface area contributed by atoms with Crippen LogP contribution in [-0.4, -0.2) is 9.49 Å². The van der Waals surface area contributed by atoms with Crippen molar-refractivity contribution in [1.82, 2.24) is 4.57 Å². The summed E-state index contributed by atoms with van der Waals surface area (Å²) in [4.78, 5) is 22.8. The first-order valence-electron chi connectivity index (χ1n) is 7.28. The van der Waals surface area contributed by atoms with E-state index in [1.807, 2.05) is 0 Å². The summed E-state index contributed by atoms with van der Waals surface area (Å²) < 4.78 is 1.60. The molecule has 0 bridgehead atoms. The van der Waals surface area contributed by atoms with Gasteiger partial charge in [-0.15, -0.1) is 0 Å². The topological polar surface area (TPSA) is 91.2 Å². The second kappa shape index (κ2) is 6.89. The van der Waals surface area contributed by atoms with Crippen LogP contribution in [-0.2, 0) is 6.54 Å². The highest BCUT2D eigenvalue weighted by Crippen LogP contribution is 2.24. The standard InChI is InChI=1S/C16H19N3O3/c1-2-3-4-10-18-15(9-8-14(17)16(18)20)12-6-5-7-13(11-12)19(21)22/h5-9,11H,2-4,10,17H2,1H3. The average molecular weight is 301 g/mol. The van der Waals surface area contributed by atoms with Crippen molar-refractivity contribution in [2.45, 2.75) is 32.7 Å². The van der Waals surface area contributed by atoms with Crippen LogP contribution in [0.2, 0.25) is 0 Å². The van der Waals surface area contributed by atoms with Crippen LogP contribution in [0.25, 0.3) is 11.3 Å². The van der Waals surface area contributed by atoms with E-state index >= 15 is 0 Å². The molecule has 116 valence electrons. The van der Waals surface area contributed by atoms with Crippen LogP contribution >= 0.6 is 0 Å². The molecule has 6 nitrogen and oxygen atoms in total. The van der Waals surface area contributed by atoms with Gasteiger partial charge in [-0.25, -0.2) is 0 Å². The van der Waals surface area contributed by atoms with Gasteiger partial charge in [0.15, 0.2) is 0 Å². The molecule has 0 unspecified atom stereocenters. The maximum Gasteiger partial charge on any atom is 0.274 e. The quantitative estimate of drug-likeness (QED) is 0.504. The zero-order valence-corrected chi connectivity index (χ0v) is 12.5. The highest BCUT2D eigenvalue weighted by molar-refractivity contribution is 5.64. The summed E-state index contributed by atoms with van der Waals surface area (Å²) in [6, 6.07) is 9.56. The summed E-state index contributed by atoms with van der Waals surface area (Å²) in [6.45, 7) is 2.64. The highest BCUT2D eigenvalue weighted by atomic mass is 16.6. The first-order valence-corrected chi connectivity index (χ1v) is 7.28. The molecule has 6 heteroatoms. The number of benzene rings is 1. The molecule has 0 saturated carbocycles. The predicted octanol–water partition coefficient (Wildman–Crippen LogP) is 3.20. The molecule has 1 aromatic carbocycles. The third-order valence-electron chi connectivity index (χ3n) is 3.54. The Hall–Kier alpha value is -2.63. The van der Waals surface area contributed by atoms with Gasteiger partial charge in [0.2, 0.25) is 0 Å². The lowest BCUT2D eigenvalue weighted by molar-refractivity contribution is -0.384. The van der Waals surface area contributed by atoms with E-state index in [-0.39, 0.29) is 16.9 Å². The highest BCUT2D eigenvalue weighted by Gasteiger charge is 2.12. The molecule has 2 aromatic rings. The van der Waals surface area contributed by atoms with E-state index in [2.05, 4.69) is 6.92 Å². The Kier molecular flexibility index (Phi) is 4.93. The van der Waals surface area contributed by atoms with Gasteiger partial charge in [0.25, 0.3) is 11.2 Å². The van der Waals surface area contributed by atoms with Gasteiger partial charge >= 0.3 is 0 Å². The van der Waals surface area contributed by atoms with E-state index in [0.29, 0.717) is 17.8 Å². The summed E-state index contributed by atoms with van der Waals surface area (Å²) in [5.41, 5.74) is 6.94. The number of rotatable bonds is 6. The van der Waals surface area contributed by atoms with Gasteiger partial charge in [-0.2, -0.15) is 0 Å². The zero-order chi connectivity index (χ0) is 16.1. The van der Waals surface area contributed by atoms with Crippen LogP contribution < -0.4 is 11.3 Å². The van der Waals surface area contributed by atoms with Crippen LogP contribution in [0.15, 0.2) is 41.2 Å². The van der Waals surface area contributed by atoms with Gasteiger partial charge in [-0.3, -0.25) is 14.9 Å². The number of nitro groups is 1. The smallest absolute Gasteiger partial charge is 0.274 e. The number of nitro benzene ring substituents is 1. The molecule has 0 amide bonds. The number of nitrogen functional groups attached to an aromatic ring is 1. The third-order valence-corrected chi connectivity index (χ3v) is 3.54. The molecule has 0 atom stereocenters. The van der Waals surface area contributed by atoms with Gasteiger partial charge in [-0.05, 0) is 18.6 Å². The first kappa shape index (κ1) is 15.8. The zero-order valence-electron chi connectivity index (χ0n) is 12.5. The maximum atomic E-state index is 12.3.